The van der Waals surface area contributed by atoms with Crippen LogP contribution in [0, 0.1) is 10.8 Å². The third-order valence-corrected chi connectivity index (χ3v) is 2.37. The van der Waals surface area contributed by atoms with Crippen molar-refractivity contribution in [2.75, 3.05) is 0 Å². The van der Waals surface area contributed by atoms with Crippen LogP contribution in [0.25, 0.3) is 0 Å². The van der Waals surface area contributed by atoms with E-state index in [2.05, 4.69) is 0 Å². The Morgan fingerprint density at radius 2 is 1.00 bits per heavy atom. The highest BCUT2D eigenvalue weighted by atomic mass is 16.2. The molecule has 0 aromatic carbocycles. The topological polar surface area (TPSA) is 103 Å². The van der Waals surface area contributed by atoms with E-state index in [4.69, 9.17) is 11.5 Å². The van der Waals surface area contributed by atoms with Gasteiger partial charge in [-0.3, -0.25) is 14.4 Å². The standard InChI is InChI=1S/C9H16N2O3/c1-8(2,6(10)13)5(12)9(3,4)7(11)14/h1-4H3,(H2,10,13)(H2,11,14). The third kappa shape index (κ3) is 1.92. The molecule has 14 heavy (non-hydrogen) atoms. The van der Waals surface area contributed by atoms with E-state index in [1.165, 1.54) is 27.7 Å². The second kappa shape index (κ2) is 3.40. The van der Waals surface area contributed by atoms with Gasteiger partial charge in [0, 0.05) is 0 Å². The maximum Gasteiger partial charge on any atom is 0.230 e. The number of ketones is 1. The van der Waals surface area contributed by atoms with Gasteiger partial charge < -0.3 is 11.5 Å². The molecule has 0 unspecified atom stereocenters. The monoisotopic (exact) mass is 200 g/mol. The maximum atomic E-state index is 11.8. The van der Waals surface area contributed by atoms with Crippen molar-refractivity contribution in [3.05, 3.63) is 0 Å². The van der Waals surface area contributed by atoms with Gasteiger partial charge in [-0.25, -0.2) is 0 Å². The first-order valence-electron chi connectivity index (χ1n) is 4.19. The first kappa shape index (κ1) is 12.6. The van der Waals surface area contributed by atoms with E-state index in [1.54, 1.807) is 0 Å². The van der Waals surface area contributed by atoms with Crippen LogP contribution in [0.5, 0.6) is 0 Å². The van der Waals surface area contributed by atoms with Crippen LogP contribution in [0.2, 0.25) is 0 Å². The highest BCUT2D eigenvalue weighted by molar-refractivity contribution is 6.15. The number of amides is 2. The van der Waals surface area contributed by atoms with Crippen molar-refractivity contribution < 1.29 is 14.4 Å². The minimum atomic E-state index is -1.38. The molecule has 5 nitrogen and oxygen atoms in total. The van der Waals surface area contributed by atoms with Crippen molar-refractivity contribution >= 4 is 17.6 Å². The largest absolute Gasteiger partial charge is 0.369 e. The summed E-state index contributed by atoms with van der Waals surface area (Å²) in [6.45, 7) is 5.51. The van der Waals surface area contributed by atoms with Gasteiger partial charge in [0.15, 0.2) is 5.78 Å². The second-order valence-corrected chi connectivity index (χ2v) is 4.31. The number of rotatable bonds is 4. The summed E-state index contributed by atoms with van der Waals surface area (Å²) in [5.41, 5.74) is 7.36. The minimum absolute atomic E-state index is 0.565. The summed E-state index contributed by atoms with van der Waals surface area (Å²) >= 11 is 0. The number of carbonyl (C=O) groups excluding carboxylic acids is 3. The van der Waals surface area contributed by atoms with E-state index in [9.17, 15) is 14.4 Å². The fourth-order valence-corrected chi connectivity index (χ4v) is 1.01. The fraction of sp³-hybridized carbons (Fsp3) is 0.667. The Morgan fingerprint density at radius 3 is 1.14 bits per heavy atom. The van der Waals surface area contributed by atoms with Gasteiger partial charge in [0.1, 0.15) is 10.8 Å². The van der Waals surface area contributed by atoms with Gasteiger partial charge in [0.05, 0.1) is 0 Å². The lowest BCUT2D eigenvalue weighted by atomic mass is 9.73. The smallest absolute Gasteiger partial charge is 0.230 e. The van der Waals surface area contributed by atoms with Crippen LogP contribution in [0.3, 0.4) is 0 Å². The first-order chi connectivity index (χ1) is 6.04. The van der Waals surface area contributed by atoms with E-state index < -0.39 is 28.4 Å². The number of Topliss-reactive ketones (excluding diaryl/α,β-unsaturated/α-hetero) is 1. The molecule has 4 N–H and O–H groups in total. The molecule has 80 valence electrons. The quantitative estimate of drug-likeness (QED) is 0.602. The van der Waals surface area contributed by atoms with Crippen LogP contribution in [0.15, 0.2) is 0 Å². The molecular formula is C9H16N2O3. The average molecular weight is 200 g/mol. The van der Waals surface area contributed by atoms with Crippen LogP contribution in [0.1, 0.15) is 27.7 Å². The van der Waals surface area contributed by atoms with E-state index >= 15 is 0 Å². The Labute approximate surface area is 82.8 Å². The molecule has 0 aromatic rings. The summed E-state index contributed by atoms with van der Waals surface area (Å²) in [5, 5.41) is 0. The van der Waals surface area contributed by atoms with Gasteiger partial charge in [0.2, 0.25) is 11.8 Å². The van der Waals surface area contributed by atoms with E-state index in [-0.39, 0.29) is 0 Å². The molecule has 0 radical (unpaired) electrons. The molecule has 0 heterocycles. The molecule has 0 spiro atoms. The van der Waals surface area contributed by atoms with E-state index in [0.29, 0.717) is 0 Å². The van der Waals surface area contributed by atoms with Gasteiger partial charge in [-0.15, -0.1) is 0 Å². The SMILES string of the molecule is CC(C)(C(N)=O)C(=O)C(C)(C)C(N)=O. The van der Waals surface area contributed by atoms with Crippen LogP contribution in [-0.2, 0) is 14.4 Å². The Bertz CT molecular complexity index is 264. The molecule has 0 aliphatic heterocycles. The summed E-state index contributed by atoms with van der Waals surface area (Å²) in [7, 11) is 0. The molecule has 0 saturated carbocycles. The number of primary amides is 2. The molecule has 0 saturated heterocycles. The zero-order chi connectivity index (χ0) is 11.7. The molecule has 0 atom stereocenters. The van der Waals surface area contributed by atoms with Gasteiger partial charge in [0.25, 0.3) is 0 Å². The molecule has 0 rings (SSSR count). The maximum absolute atomic E-state index is 11.8. The Balaban J connectivity index is 5.16. The Morgan fingerprint density at radius 1 is 0.786 bits per heavy atom. The molecule has 0 aliphatic carbocycles. The normalized spacial score (nSPS) is 12.3. The highest BCUT2D eigenvalue weighted by Gasteiger charge is 2.46. The Hall–Kier alpha value is -1.39. The van der Waals surface area contributed by atoms with Gasteiger partial charge in [-0.05, 0) is 27.7 Å². The van der Waals surface area contributed by atoms with Crippen molar-refractivity contribution in [2.45, 2.75) is 27.7 Å². The molecule has 0 aliphatic rings. The van der Waals surface area contributed by atoms with Crippen molar-refractivity contribution in [1.82, 2.24) is 0 Å². The number of hydrogen-bond acceptors (Lipinski definition) is 3. The van der Waals surface area contributed by atoms with Crippen molar-refractivity contribution in [3.8, 4) is 0 Å². The average Bonchev–Trinajstić information content (AvgIpc) is 2.02. The predicted octanol–water partition coefficient (Wildman–Crippen LogP) is -0.421. The van der Waals surface area contributed by atoms with Crippen molar-refractivity contribution in [2.24, 2.45) is 22.3 Å². The first-order valence-corrected chi connectivity index (χ1v) is 4.19. The molecule has 2 amide bonds. The van der Waals surface area contributed by atoms with Gasteiger partial charge in [-0.2, -0.15) is 0 Å². The van der Waals surface area contributed by atoms with Crippen molar-refractivity contribution in [3.63, 3.8) is 0 Å². The predicted molar refractivity (Wildman–Crippen MR) is 51.0 cm³/mol. The summed E-state index contributed by atoms with van der Waals surface area (Å²) < 4.78 is 0. The lowest BCUT2D eigenvalue weighted by Gasteiger charge is -2.28. The van der Waals surface area contributed by atoms with E-state index in [1.807, 2.05) is 0 Å². The molecule has 0 bridgehead atoms. The van der Waals surface area contributed by atoms with Crippen LogP contribution < -0.4 is 11.5 Å². The molecule has 0 aromatic heterocycles. The lowest BCUT2D eigenvalue weighted by Crippen LogP contribution is -2.50. The summed E-state index contributed by atoms with van der Waals surface area (Å²) in [5.74, 6) is -2.10. The zero-order valence-electron chi connectivity index (χ0n) is 8.88. The summed E-state index contributed by atoms with van der Waals surface area (Å²) in [4.78, 5) is 33.7. The van der Waals surface area contributed by atoms with E-state index in [0.717, 1.165) is 0 Å². The van der Waals surface area contributed by atoms with Gasteiger partial charge in [-0.1, -0.05) is 0 Å². The number of hydrogen-bond donors (Lipinski definition) is 2. The van der Waals surface area contributed by atoms with Crippen LogP contribution >= 0.6 is 0 Å². The third-order valence-electron chi connectivity index (χ3n) is 2.37. The second-order valence-electron chi connectivity index (χ2n) is 4.31. The van der Waals surface area contributed by atoms with Crippen molar-refractivity contribution in [1.29, 1.82) is 0 Å². The fourth-order valence-electron chi connectivity index (χ4n) is 1.01. The molecule has 0 fully saturated rings. The zero-order valence-corrected chi connectivity index (χ0v) is 8.88. The summed E-state index contributed by atoms with van der Waals surface area (Å²) in [6.07, 6.45) is 0. The number of carbonyl (C=O) groups is 3. The number of nitrogens with two attached hydrogens (primary N) is 2. The lowest BCUT2D eigenvalue weighted by molar-refractivity contribution is -0.148. The molecular weight excluding hydrogens is 184 g/mol. The van der Waals surface area contributed by atoms with Crippen LogP contribution in [-0.4, -0.2) is 17.6 Å². The Kier molecular flexibility index (Phi) is 3.06. The van der Waals surface area contributed by atoms with Crippen LogP contribution in [0.4, 0.5) is 0 Å². The van der Waals surface area contributed by atoms with Gasteiger partial charge >= 0.3 is 0 Å². The minimum Gasteiger partial charge on any atom is -0.369 e. The summed E-state index contributed by atoms with van der Waals surface area (Å²) in [6, 6.07) is 0. The highest BCUT2D eigenvalue weighted by Crippen LogP contribution is 2.28. The molecule has 5 heteroatoms.